The number of carbonyl (C=O) groups excluding carboxylic acids is 1. The number of hydrogen-bond donors (Lipinski definition) is 1. The topological polar surface area (TPSA) is 81.5 Å². The maximum atomic E-state index is 12.0. The molecule has 2 aromatic rings. The number of nitrogens with zero attached hydrogens (tertiary/aromatic N) is 1. The molecule has 23 heavy (non-hydrogen) atoms. The molecular formula is C17H18N2O4. The van der Waals surface area contributed by atoms with Crippen molar-refractivity contribution < 1.29 is 14.5 Å². The number of carbonyl (C=O) groups is 1. The summed E-state index contributed by atoms with van der Waals surface area (Å²) >= 11 is 0. The zero-order valence-electron chi connectivity index (χ0n) is 12.8. The highest BCUT2D eigenvalue weighted by atomic mass is 16.6. The maximum Gasteiger partial charge on any atom is 0.269 e. The van der Waals surface area contributed by atoms with Crippen LogP contribution in [0, 0.1) is 10.1 Å². The van der Waals surface area contributed by atoms with Crippen LogP contribution in [0.25, 0.3) is 0 Å². The van der Waals surface area contributed by atoms with E-state index in [9.17, 15) is 14.9 Å². The number of nitro groups is 1. The van der Waals surface area contributed by atoms with Crippen molar-refractivity contribution in [1.29, 1.82) is 0 Å². The lowest BCUT2D eigenvalue weighted by molar-refractivity contribution is -0.384. The van der Waals surface area contributed by atoms with E-state index in [0.29, 0.717) is 13.2 Å². The van der Waals surface area contributed by atoms with E-state index in [1.54, 1.807) is 19.2 Å². The van der Waals surface area contributed by atoms with E-state index < -0.39 is 4.92 Å². The molecule has 0 saturated carbocycles. The summed E-state index contributed by atoms with van der Waals surface area (Å²) in [5.41, 5.74) is 2.79. The molecule has 0 radical (unpaired) electrons. The zero-order valence-corrected chi connectivity index (χ0v) is 12.8. The van der Waals surface area contributed by atoms with Crippen LogP contribution in [0.4, 0.5) is 5.69 Å². The molecule has 6 heteroatoms. The Morgan fingerprint density at radius 3 is 2.39 bits per heavy atom. The second-order valence-corrected chi connectivity index (χ2v) is 5.08. The third-order valence-corrected chi connectivity index (χ3v) is 3.41. The van der Waals surface area contributed by atoms with E-state index in [0.717, 1.165) is 16.7 Å². The van der Waals surface area contributed by atoms with E-state index >= 15 is 0 Å². The Balaban J connectivity index is 1.91. The van der Waals surface area contributed by atoms with Crippen LogP contribution in [-0.2, 0) is 29.1 Å². The number of rotatable bonds is 7. The quantitative estimate of drug-likeness (QED) is 0.629. The third kappa shape index (κ3) is 4.89. The molecule has 1 amide bonds. The Labute approximate surface area is 134 Å². The van der Waals surface area contributed by atoms with Crippen molar-refractivity contribution in [2.75, 3.05) is 7.11 Å². The van der Waals surface area contributed by atoms with Gasteiger partial charge in [0.25, 0.3) is 5.69 Å². The Bertz CT molecular complexity index is 683. The van der Waals surface area contributed by atoms with E-state index in [1.165, 1.54) is 12.1 Å². The van der Waals surface area contributed by atoms with Gasteiger partial charge >= 0.3 is 0 Å². The maximum absolute atomic E-state index is 12.0. The summed E-state index contributed by atoms with van der Waals surface area (Å²) < 4.78 is 5.13. The number of hydrogen-bond acceptors (Lipinski definition) is 4. The molecule has 0 bridgehead atoms. The largest absolute Gasteiger partial charge is 0.380 e. The molecule has 0 atom stereocenters. The average Bonchev–Trinajstić information content (AvgIpc) is 2.55. The van der Waals surface area contributed by atoms with Crippen LogP contribution in [0.3, 0.4) is 0 Å². The summed E-state index contributed by atoms with van der Waals surface area (Å²) in [4.78, 5) is 22.1. The monoisotopic (exact) mass is 314 g/mol. The highest BCUT2D eigenvalue weighted by Gasteiger charge is 2.08. The normalized spacial score (nSPS) is 10.3. The van der Waals surface area contributed by atoms with E-state index in [1.807, 2.05) is 24.3 Å². The average molecular weight is 314 g/mol. The molecule has 0 aliphatic heterocycles. The molecule has 6 nitrogen and oxygen atoms in total. The summed E-state index contributed by atoms with van der Waals surface area (Å²) in [7, 11) is 1.63. The van der Waals surface area contributed by atoms with Gasteiger partial charge in [0.1, 0.15) is 0 Å². The Hall–Kier alpha value is -2.73. The van der Waals surface area contributed by atoms with Crippen LogP contribution in [0.5, 0.6) is 0 Å². The third-order valence-electron chi connectivity index (χ3n) is 3.41. The summed E-state index contributed by atoms with van der Waals surface area (Å²) in [5, 5.41) is 13.5. The first kappa shape index (κ1) is 16.6. The molecule has 0 unspecified atom stereocenters. The van der Waals surface area contributed by atoms with Gasteiger partial charge in [0.2, 0.25) is 5.91 Å². The molecule has 1 N–H and O–H groups in total. The van der Waals surface area contributed by atoms with Crippen LogP contribution in [0.1, 0.15) is 16.7 Å². The SMILES string of the molecule is COCc1ccccc1CNC(=O)Cc1ccc([N+](=O)[O-])cc1. The minimum atomic E-state index is -0.462. The minimum Gasteiger partial charge on any atom is -0.380 e. The van der Waals surface area contributed by atoms with Gasteiger partial charge in [-0.05, 0) is 16.7 Å². The molecule has 0 aromatic heterocycles. The van der Waals surface area contributed by atoms with Crippen molar-refractivity contribution in [3.8, 4) is 0 Å². The van der Waals surface area contributed by atoms with E-state index in [4.69, 9.17) is 4.74 Å². The number of nitrogens with one attached hydrogen (secondary N) is 1. The first-order valence-corrected chi connectivity index (χ1v) is 7.16. The minimum absolute atomic E-state index is 0.0163. The summed E-state index contributed by atoms with van der Waals surface area (Å²) in [6, 6.07) is 13.7. The molecule has 0 fully saturated rings. The van der Waals surface area contributed by atoms with Gasteiger partial charge in [-0.25, -0.2) is 0 Å². The van der Waals surface area contributed by atoms with E-state index in [-0.39, 0.29) is 18.0 Å². The number of non-ortho nitro benzene ring substituents is 1. The summed E-state index contributed by atoms with van der Waals surface area (Å²) in [5.74, 6) is -0.133. The van der Waals surface area contributed by atoms with Gasteiger partial charge in [-0.15, -0.1) is 0 Å². The van der Waals surface area contributed by atoms with Crippen molar-refractivity contribution in [3.05, 3.63) is 75.3 Å². The molecule has 2 aromatic carbocycles. The number of amides is 1. The molecule has 0 aliphatic rings. The second-order valence-electron chi connectivity index (χ2n) is 5.08. The van der Waals surface area contributed by atoms with Crippen LogP contribution in [0.2, 0.25) is 0 Å². The molecule has 0 saturated heterocycles. The fourth-order valence-corrected chi connectivity index (χ4v) is 2.20. The van der Waals surface area contributed by atoms with Crippen molar-refractivity contribution in [3.63, 3.8) is 0 Å². The van der Waals surface area contributed by atoms with Crippen LogP contribution < -0.4 is 5.32 Å². The fraction of sp³-hybridized carbons (Fsp3) is 0.235. The lowest BCUT2D eigenvalue weighted by Crippen LogP contribution is -2.25. The highest BCUT2D eigenvalue weighted by molar-refractivity contribution is 5.78. The molecule has 0 spiro atoms. The zero-order chi connectivity index (χ0) is 16.7. The molecule has 2 rings (SSSR count). The highest BCUT2D eigenvalue weighted by Crippen LogP contribution is 2.13. The second kappa shape index (κ2) is 8.05. The fourth-order valence-electron chi connectivity index (χ4n) is 2.20. The van der Waals surface area contributed by atoms with Crippen LogP contribution in [-0.4, -0.2) is 17.9 Å². The van der Waals surface area contributed by atoms with Crippen molar-refractivity contribution in [2.24, 2.45) is 0 Å². The number of ether oxygens (including phenoxy) is 1. The summed E-state index contributed by atoms with van der Waals surface area (Å²) in [6.07, 6.45) is 0.185. The van der Waals surface area contributed by atoms with Gasteiger partial charge in [0, 0.05) is 25.8 Å². The van der Waals surface area contributed by atoms with Crippen molar-refractivity contribution >= 4 is 11.6 Å². The Morgan fingerprint density at radius 1 is 1.13 bits per heavy atom. The smallest absolute Gasteiger partial charge is 0.269 e. The van der Waals surface area contributed by atoms with Gasteiger partial charge in [0.15, 0.2) is 0 Å². The van der Waals surface area contributed by atoms with E-state index in [2.05, 4.69) is 5.32 Å². The lowest BCUT2D eigenvalue weighted by atomic mass is 10.1. The lowest BCUT2D eigenvalue weighted by Gasteiger charge is -2.10. The first-order chi connectivity index (χ1) is 11.1. The predicted octanol–water partition coefficient (Wildman–Crippen LogP) is 2.60. The molecular weight excluding hydrogens is 296 g/mol. The van der Waals surface area contributed by atoms with Crippen LogP contribution >= 0.6 is 0 Å². The van der Waals surface area contributed by atoms with Crippen LogP contribution in [0.15, 0.2) is 48.5 Å². The molecule has 0 aliphatic carbocycles. The number of methoxy groups -OCH3 is 1. The number of benzene rings is 2. The molecule has 120 valence electrons. The van der Waals surface area contributed by atoms with Gasteiger partial charge in [-0.2, -0.15) is 0 Å². The van der Waals surface area contributed by atoms with Crippen molar-refractivity contribution in [1.82, 2.24) is 5.32 Å². The molecule has 0 heterocycles. The summed E-state index contributed by atoms with van der Waals surface area (Å²) in [6.45, 7) is 0.916. The first-order valence-electron chi connectivity index (χ1n) is 7.16. The Kier molecular flexibility index (Phi) is 5.82. The predicted molar refractivity (Wildman–Crippen MR) is 85.8 cm³/mol. The van der Waals surface area contributed by atoms with Gasteiger partial charge in [0.05, 0.1) is 18.0 Å². The van der Waals surface area contributed by atoms with Gasteiger partial charge in [-0.1, -0.05) is 36.4 Å². The van der Waals surface area contributed by atoms with Crippen molar-refractivity contribution in [2.45, 2.75) is 19.6 Å². The van der Waals surface area contributed by atoms with Gasteiger partial charge < -0.3 is 10.1 Å². The van der Waals surface area contributed by atoms with Gasteiger partial charge in [-0.3, -0.25) is 14.9 Å². The Morgan fingerprint density at radius 2 is 1.78 bits per heavy atom. The number of nitro benzene ring substituents is 1. The standard InChI is InChI=1S/C17H18N2O4/c1-23-12-15-5-3-2-4-14(15)11-18-17(20)10-13-6-8-16(9-7-13)19(21)22/h2-9H,10-12H2,1H3,(H,18,20).